The van der Waals surface area contributed by atoms with Gasteiger partial charge in [0, 0.05) is 10.8 Å². The van der Waals surface area contributed by atoms with E-state index in [1.165, 1.54) is 0 Å². The number of ether oxygens (including phenoxy) is 1. The molecule has 0 atom stereocenters. The Morgan fingerprint density at radius 1 is 0.968 bits per heavy atom. The minimum Gasteiger partial charge on any atom is -0.490 e. The fraction of sp³-hybridized carbons (Fsp3) is 0.0800. The molecule has 0 fully saturated rings. The van der Waals surface area contributed by atoms with Crippen molar-refractivity contribution >= 4 is 33.9 Å². The van der Waals surface area contributed by atoms with Gasteiger partial charge in [-0.1, -0.05) is 36.9 Å². The van der Waals surface area contributed by atoms with Gasteiger partial charge in [0.2, 0.25) is 0 Å². The van der Waals surface area contributed by atoms with E-state index >= 15 is 0 Å². The van der Waals surface area contributed by atoms with Crippen LogP contribution in [0.5, 0.6) is 5.75 Å². The number of aromatic nitrogens is 1. The Morgan fingerprint density at radius 3 is 2.19 bits per heavy atom. The first-order valence-corrected chi connectivity index (χ1v) is 9.83. The maximum absolute atomic E-state index is 12.8. The Bertz CT molecular complexity index is 1280. The molecule has 1 aromatic heterocycles. The lowest BCUT2D eigenvalue weighted by Crippen LogP contribution is -2.25. The van der Waals surface area contributed by atoms with Crippen molar-refractivity contribution in [3.05, 3.63) is 101 Å². The molecule has 3 aromatic carbocycles. The van der Waals surface area contributed by atoms with Crippen LogP contribution in [-0.2, 0) is 11.3 Å². The number of amides is 1. The van der Waals surface area contributed by atoms with E-state index in [0.717, 1.165) is 11.3 Å². The van der Waals surface area contributed by atoms with Crippen LogP contribution in [0.1, 0.15) is 5.56 Å². The van der Waals surface area contributed by atoms with Crippen LogP contribution in [-0.4, -0.2) is 23.3 Å². The molecule has 0 aliphatic carbocycles. The summed E-state index contributed by atoms with van der Waals surface area (Å²) in [6.45, 7) is 4.09. The monoisotopic (exact) mass is 411 g/mol. The first-order chi connectivity index (χ1) is 15.2. The lowest BCUT2D eigenvalue weighted by Gasteiger charge is -2.14. The Morgan fingerprint density at radius 2 is 1.58 bits per heavy atom. The van der Waals surface area contributed by atoms with Crippen LogP contribution in [0.3, 0.4) is 0 Å². The number of fused-ring (bicyclic) bond motifs is 2. The number of hydrazone groups is 1. The maximum atomic E-state index is 12.8. The Labute approximate surface area is 179 Å². The minimum absolute atomic E-state index is 0.0347. The fourth-order valence-corrected chi connectivity index (χ4v) is 3.41. The molecular weight excluding hydrogens is 390 g/mol. The summed E-state index contributed by atoms with van der Waals surface area (Å²) in [5.41, 5.74) is 4.76. The van der Waals surface area contributed by atoms with Gasteiger partial charge in [0.25, 0.3) is 5.91 Å². The van der Waals surface area contributed by atoms with E-state index in [0.29, 0.717) is 28.4 Å². The molecule has 0 saturated carbocycles. The highest BCUT2D eigenvalue weighted by Crippen LogP contribution is 2.19. The number of rotatable bonds is 7. The van der Waals surface area contributed by atoms with E-state index in [4.69, 9.17) is 4.74 Å². The molecule has 1 N–H and O–H groups in total. The third-order valence-corrected chi connectivity index (χ3v) is 4.83. The zero-order valence-corrected chi connectivity index (χ0v) is 16.8. The number of carbonyl (C=O) groups excluding carboxylic acids is 1. The molecule has 4 rings (SSSR count). The molecule has 0 radical (unpaired) electrons. The van der Waals surface area contributed by atoms with Gasteiger partial charge in [-0.3, -0.25) is 9.59 Å². The topological polar surface area (TPSA) is 72.7 Å². The number of nitrogens with zero attached hydrogens (tertiary/aromatic N) is 2. The van der Waals surface area contributed by atoms with Gasteiger partial charge in [-0.25, -0.2) is 5.43 Å². The highest BCUT2D eigenvalue weighted by molar-refractivity contribution is 5.95. The predicted molar refractivity (Wildman–Crippen MR) is 124 cm³/mol. The maximum Gasteiger partial charge on any atom is 0.260 e. The van der Waals surface area contributed by atoms with E-state index in [1.54, 1.807) is 24.4 Å². The summed E-state index contributed by atoms with van der Waals surface area (Å²) < 4.78 is 7.28. The van der Waals surface area contributed by atoms with Crippen molar-refractivity contribution in [3.63, 3.8) is 0 Å². The number of carbonyl (C=O) groups is 1. The van der Waals surface area contributed by atoms with Gasteiger partial charge in [-0.2, -0.15) is 5.10 Å². The van der Waals surface area contributed by atoms with Gasteiger partial charge in [0.15, 0.2) is 5.43 Å². The van der Waals surface area contributed by atoms with Crippen LogP contribution in [0.4, 0.5) is 0 Å². The van der Waals surface area contributed by atoms with Crippen molar-refractivity contribution in [2.45, 2.75) is 6.54 Å². The largest absolute Gasteiger partial charge is 0.490 e. The summed E-state index contributed by atoms with van der Waals surface area (Å²) in [7, 11) is 0. The summed E-state index contributed by atoms with van der Waals surface area (Å²) in [6, 6.07) is 21.9. The van der Waals surface area contributed by atoms with Gasteiger partial charge in [0.05, 0.1) is 17.2 Å². The second kappa shape index (κ2) is 9.09. The predicted octanol–water partition coefficient (Wildman–Crippen LogP) is 3.87. The van der Waals surface area contributed by atoms with Crippen molar-refractivity contribution in [1.29, 1.82) is 0 Å². The molecule has 1 heterocycles. The van der Waals surface area contributed by atoms with Gasteiger partial charge >= 0.3 is 0 Å². The van der Waals surface area contributed by atoms with Crippen LogP contribution in [0.25, 0.3) is 21.8 Å². The first-order valence-electron chi connectivity index (χ1n) is 9.83. The molecule has 6 heteroatoms. The zero-order chi connectivity index (χ0) is 21.6. The van der Waals surface area contributed by atoms with Crippen LogP contribution in [0.2, 0.25) is 0 Å². The Kier molecular flexibility index (Phi) is 5.89. The lowest BCUT2D eigenvalue weighted by atomic mass is 10.1. The molecular formula is C25H21N3O3. The van der Waals surface area contributed by atoms with Gasteiger partial charge in [-0.05, 0) is 54.1 Å². The molecule has 0 saturated heterocycles. The quantitative estimate of drug-likeness (QED) is 0.217. The number of benzene rings is 3. The van der Waals surface area contributed by atoms with E-state index in [-0.39, 0.29) is 17.9 Å². The van der Waals surface area contributed by atoms with Crippen LogP contribution in [0, 0.1) is 0 Å². The third-order valence-electron chi connectivity index (χ3n) is 4.83. The minimum atomic E-state index is -0.291. The van der Waals surface area contributed by atoms with Crippen LogP contribution < -0.4 is 15.6 Å². The number of para-hydroxylation sites is 2. The molecule has 0 aliphatic heterocycles. The smallest absolute Gasteiger partial charge is 0.260 e. The molecule has 0 bridgehead atoms. The summed E-state index contributed by atoms with van der Waals surface area (Å²) in [5.74, 6) is 0.444. The van der Waals surface area contributed by atoms with Crippen LogP contribution in [0.15, 0.2) is 95.3 Å². The second-order valence-electron chi connectivity index (χ2n) is 6.91. The van der Waals surface area contributed by atoms with Gasteiger partial charge in [0.1, 0.15) is 18.9 Å². The van der Waals surface area contributed by atoms with Crippen molar-refractivity contribution in [2.24, 2.45) is 5.10 Å². The summed E-state index contributed by atoms with van der Waals surface area (Å²) in [6.07, 6.45) is 3.25. The third kappa shape index (κ3) is 4.38. The van der Waals surface area contributed by atoms with Crippen molar-refractivity contribution in [3.8, 4) is 5.75 Å². The van der Waals surface area contributed by atoms with Crippen molar-refractivity contribution in [1.82, 2.24) is 9.99 Å². The summed E-state index contributed by atoms with van der Waals surface area (Å²) in [4.78, 5) is 25.4. The van der Waals surface area contributed by atoms with E-state index in [9.17, 15) is 9.59 Å². The van der Waals surface area contributed by atoms with Crippen molar-refractivity contribution < 1.29 is 9.53 Å². The molecule has 31 heavy (non-hydrogen) atoms. The standard InChI is InChI=1S/C25H21N3O3/c1-2-15-31-19-13-11-18(12-14-19)16-26-27-24(29)17-28-22-9-5-3-7-20(22)25(30)21-8-4-6-10-23(21)28/h2-14,16H,1,15,17H2,(H,27,29)/b26-16+. The molecule has 1 amide bonds. The SMILES string of the molecule is C=CCOc1ccc(/C=N/NC(=O)Cn2c3ccccc3c(=O)c3ccccc32)cc1. The molecule has 0 aliphatic rings. The molecule has 0 unspecified atom stereocenters. The van der Waals surface area contributed by atoms with Crippen molar-refractivity contribution in [2.75, 3.05) is 6.61 Å². The second-order valence-corrected chi connectivity index (χ2v) is 6.91. The van der Waals surface area contributed by atoms with E-state index in [1.807, 2.05) is 65.2 Å². The van der Waals surface area contributed by atoms with E-state index in [2.05, 4.69) is 17.1 Å². The molecule has 4 aromatic rings. The lowest BCUT2D eigenvalue weighted by molar-refractivity contribution is -0.121. The first kappa shape index (κ1) is 20.1. The summed E-state index contributed by atoms with van der Waals surface area (Å²) in [5, 5.41) is 5.21. The van der Waals surface area contributed by atoms with E-state index < -0.39 is 0 Å². The molecule has 154 valence electrons. The summed E-state index contributed by atoms with van der Waals surface area (Å²) >= 11 is 0. The zero-order valence-electron chi connectivity index (χ0n) is 16.8. The highest BCUT2D eigenvalue weighted by Gasteiger charge is 2.12. The Balaban J connectivity index is 1.53. The number of hydrogen-bond acceptors (Lipinski definition) is 4. The fourth-order valence-electron chi connectivity index (χ4n) is 3.41. The van der Waals surface area contributed by atoms with Gasteiger partial charge in [-0.15, -0.1) is 0 Å². The molecule has 0 spiro atoms. The average molecular weight is 411 g/mol. The van der Waals surface area contributed by atoms with Crippen LogP contribution >= 0.6 is 0 Å². The number of hydrogen-bond donors (Lipinski definition) is 1. The highest BCUT2D eigenvalue weighted by atomic mass is 16.5. The number of pyridine rings is 1. The number of nitrogens with one attached hydrogen (secondary N) is 1. The normalized spacial score (nSPS) is 11.1. The van der Waals surface area contributed by atoms with Gasteiger partial charge < -0.3 is 9.30 Å². The Hall–Kier alpha value is -4.19. The average Bonchev–Trinajstić information content (AvgIpc) is 2.81. The molecule has 6 nitrogen and oxygen atoms in total.